The van der Waals surface area contributed by atoms with E-state index in [2.05, 4.69) is 20.2 Å². The number of rotatable bonds is 6. The third-order valence-corrected chi connectivity index (χ3v) is 8.47. The van der Waals surface area contributed by atoms with Crippen LogP contribution >= 0.6 is 11.3 Å². The van der Waals surface area contributed by atoms with Crippen LogP contribution in [0.1, 0.15) is 28.6 Å². The normalized spacial score (nSPS) is 15.4. The van der Waals surface area contributed by atoms with Gasteiger partial charge >= 0.3 is 0 Å². The number of nitrogens with one attached hydrogen (secondary N) is 2. The van der Waals surface area contributed by atoms with Crippen molar-refractivity contribution in [3.63, 3.8) is 0 Å². The number of hydrogen-bond acceptors (Lipinski definition) is 6. The first kappa shape index (κ1) is 24.7. The lowest BCUT2D eigenvalue weighted by atomic mass is 10.1. The van der Waals surface area contributed by atoms with E-state index in [9.17, 15) is 13.6 Å². The van der Waals surface area contributed by atoms with Gasteiger partial charge in [0.15, 0.2) is 5.78 Å². The van der Waals surface area contributed by atoms with E-state index in [1.54, 1.807) is 18.0 Å². The van der Waals surface area contributed by atoms with Crippen LogP contribution in [0.15, 0.2) is 66.9 Å². The molecule has 40 heavy (non-hydrogen) atoms. The number of nitrogens with zero attached hydrogens (tertiary/aromatic N) is 4. The molecule has 0 atom stereocenters. The van der Waals surface area contributed by atoms with Crippen molar-refractivity contribution in [3.8, 4) is 33.2 Å². The molecule has 0 saturated carbocycles. The van der Waals surface area contributed by atoms with E-state index in [-0.39, 0.29) is 18.7 Å². The zero-order valence-corrected chi connectivity index (χ0v) is 22.4. The highest BCUT2D eigenvalue weighted by Crippen LogP contribution is 2.36. The number of fused-ring (bicyclic) bond motifs is 2. The van der Waals surface area contributed by atoms with E-state index in [0.29, 0.717) is 23.7 Å². The first-order valence-corrected chi connectivity index (χ1v) is 13.8. The maximum Gasteiger partial charge on any atom is 0.261 e. The lowest BCUT2D eigenvalue weighted by molar-refractivity contribution is 0.0115. The molecule has 0 radical (unpaired) electrons. The highest BCUT2D eigenvalue weighted by Gasteiger charge is 2.37. The minimum atomic E-state index is -2.61. The number of likely N-dealkylation sites (tertiary alicyclic amines) is 1. The van der Waals surface area contributed by atoms with E-state index >= 15 is 0 Å². The van der Waals surface area contributed by atoms with Crippen molar-refractivity contribution in [1.29, 1.82) is 0 Å². The van der Waals surface area contributed by atoms with Crippen molar-refractivity contribution >= 4 is 39.1 Å². The van der Waals surface area contributed by atoms with Crippen LogP contribution in [0.2, 0.25) is 0 Å². The summed E-state index contributed by atoms with van der Waals surface area (Å²) < 4.78 is 27.3. The molecule has 6 aromatic rings. The maximum atomic E-state index is 13.7. The van der Waals surface area contributed by atoms with Crippen molar-refractivity contribution in [2.75, 3.05) is 13.1 Å². The van der Waals surface area contributed by atoms with Crippen molar-refractivity contribution < 1.29 is 13.6 Å². The summed E-state index contributed by atoms with van der Waals surface area (Å²) >= 11 is 1.43. The molecule has 0 bridgehead atoms. The summed E-state index contributed by atoms with van der Waals surface area (Å²) in [6.07, 6.45) is 1.66. The molecule has 0 aliphatic carbocycles. The fourth-order valence-electron chi connectivity index (χ4n) is 5.31. The molecule has 1 aliphatic rings. The lowest BCUT2D eigenvalue weighted by Gasteiger charge is -2.16. The Balaban J connectivity index is 1.24. The van der Waals surface area contributed by atoms with Crippen LogP contribution < -0.4 is 0 Å². The van der Waals surface area contributed by atoms with Gasteiger partial charge in [0.05, 0.1) is 38.9 Å². The molecule has 6 heterocycles. The summed E-state index contributed by atoms with van der Waals surface area (Å²) in [5.74, 6) is -2.58. The standard InChI is InChI=1S/C30H24F2N6OS/c1-17(39)25-7-8-26(40-25)27-20-14-24(34-22(20)9-11-33-27)29-28-23(36-37-29)6-5-21(35-28)19-4-2-3-18(13-19)15-38-12-10-30(31,32)16-38/h2-9,11,13-14,34H,10,12,15-16H2,1H3,(H,36,37). The molecule has 1 fully saturated rings. The zero-order chi connectivity index (χ0) is 27.4. The molecule has 1 saturated heterocycles. The molecule has 1 aromatic carbocycles. The Bertz CT molecular complexity index is 1900. The van der Waals surface area contributed by atoms with Crippen LogP contribution in [-0.4, -0.2) is 54.8 Å². The predicted octanol–water partition coefficient (Wildman–Crippen LogP) is 6.94. The number of benzene rings is 1. The van der Waals surface area contributed by atoms with Crippen molar-refractivity contribution in [3.05, 3.63) is 77.3 Å². The second-order valence-corrected chi connectivity index (χ2v) is 11.3. The topological polar surface area (TPSA) is 90.6 Å². The summed E-state index contributed by atoms with van der Waals surface area (Å²) in [5, 5.41) is 8.58. The highest BCUT2D eigenvalue weighted by atomic mass is 32.1. The van der Waals surface area contributed by atoms with Gasteiger partial charge in [-0.3, -0.25) is 19.8 Å². The number of carbonyl (C=O) groups excluding carboxylic acids is 1. The van der Waals surface area contributed by atoms with Crippen molar-refractivity contribution in [2.45, 2.75) is 25.8 Å². The molecule has 0 unspecified atom stereocenters. The van der Waals surface area contributed by atoms with Crippen LogP contribution in [0.5, 0.6) is 0 Å². The van der Waals surface area contributed by atoms with Gasteiger partial charge in [0.25, 0.3) is 5.92 Å². The molecule has 7 rings (SSSR count). The number of carbonyl (C=O) groups is 1. The molecular weight excluding hydrogens is 530 g/mol. The SMILES string of the molecule is CC(=O)c1ccc(-c2nccc3[nH]c(-c4n[nH]c5ccc(-c6cccc(CN7CCC(F)(F)C7)c6)nc45)cc23)s1. The van der Waals surface area contributed by atoms with Gasteiger partial charge in [-0.15, -0.1) is 11.3 Å². The third-order valence-electron chi connectivity index (χ3n) is 7.27. The van der Waals surface area contributed by atoms with E-state index in [4.69, 9.17) is 4.98 Å². The minimum Gasteiger partial charge on any atom is -0.353 e. The van der Waals surface area contributed by atoms with Crippen LogP contribution in [0.25, 0.3) is 55.2 Å². The monoisotopic (exact) mass is 554 g/mol. The summed E-state index contributed by atoms with van der Waals surface area (Å²) in [4.78, 5) is 28.2. The first-order chi connectivity index (χ1) is 19.3. The van der Waals surface area contributed by atoms with Crippen LogP contribution in [0.4, 0.5) is 8.78 Å². The molecule has 2 N–H and O–H groups in total. The highest BCUT2D eigenvalue weighted by molar-refractivity contribution is 7.17. The second kappa shape index (κ2) is 9.42. The third kappa shape index (κ3) is 4.48. The Morgan fingerprint density at radius 2 is 1.98 bits per heavy atom. The van der Waals surface area contributed by atoms with Gasteiger partial charge in [-0.2, -0.15) is 5.10 Å². The summed E-state index contributed by atoms with van der Waals surface area (Å²) in [6.45, 7) is 2.23. The van der Waals surface area contributed by atoms with Crippen LogP contribution in [0, 0.1) is 0 Å². The minimum absolute atomic E-state index is 0.0335. The van der Waals surface area contributed by atoms with Gasteiger partial charge in [0, 0.05) is 42.2 Å². The summed E-state index contributed by atoms with van der Waals surface area (Å²) in [6, 6.07) is 19.5. The number of Topliss-reactive ketones (excluding diaryl/α,β-unsaturated/α-hetero) is 1. The van der Waals surface area contributed by atoms with E-state index < -0.39 is 5.92 Å². The fourth-order valence-corrected chi connectivity index (χ4v) is 6.22. The van der Waals surface area contributed by atoms with Crippen LogP contribution in [-0.2, 0) is 6.54 Å². The molecule has 10 heteroatoms. The van der Waals surface area contributed by atoms with Gasteiger partial charge in [-0.05, 0) is 55.0 Å². The largest absolute Gasteiger partial charge is 0.353 e. The smallest absolute Gasteiger partial charge is 0.261 e. The number of alkyl halides is 2. The Kier molecular flexibility index (Phi) is 5.83. The number of halogens is 2. The molecule has 0 spiro atoms. The second-order valence-electron chi connectivity index (χ2n) is 10.2. The molecule has 200 valence electrons. The van der Waals surface area contributed by atoms with E-state index in [1.807, 2.05) is 60.7 Å². The maximum absolute atomic E-state index is 13.7. The number of aromatic amines is 2. The number of pyridine rings is 2. The fraction of sp³-hybridized carbons (Fsp3) is 0.200. The average Bonchev–Trinajstić information content (AvgIpc) is 3.73. The summed E-state index contributed by atoms with van der Waals surface area (Å²) in [7, 11) is 0. The average molecular weight is 555 g/mol. The summed E-state index contributed by atoms with van der Waals surface area (Å²) in [5.41, 5.74) is 7.38. The number of ketones is 1. The molecule has 0 amide bonds. The molecular formula is C30H24F2N6OS. The Labute approximate surface area is 231 Å². The molecule has 7 nitrogen and oxygen atoms in total. The van der Waals surface area contributed by atoms with Crippen molar-refractivity contribution in [1.82, 2.24) is 30.0 Å². The quantitative estimate of drug-likeness (QED) is 0.218. The van der Waals surface area contributed by atoms with Crippen LogP contribution in [0.3, 0.4) is 0 Å². The van der Waals surface area contributed by atoms with E-state index in [0.717, 1.165) is 55.0 Å². The van der Waals surface area contributed by atoms with Gasteiger partial charge in [0.1, 0.15) is 11.2 Å². The number of hydrogen-bond donors (Lipinski definition) is 2. The Morgan fingerprint density at radius 1 is 1.07 bits per heavy atom. The van der Waals surface area contributed by atoms with Gasteiger partial charge in [-0.25, -0.2) is 13.8 Å². The zero-order valence-electron chi connectivity index (χ0n) is 21.5. The molecule has 1 aliphatic heterocycles. The van der Waals surface area contributed by atoms with Crippen molar-refractivity contribution in [2.24, 2.45) is 0 Å². The molecule has 5 aromatic heterocycles. The Morgan fingerprint density at radius 3 is 2.77 bits per heavy atom. The van der Waals surface area contributed by atoms with Gasteiger partial charge in [0.2, 0.25) is 0 Å². The predicted molar refractivity (Wildman–Crippen MR) is 153 cm³/mol. The van der Waals surface area contributed by atoms with E-state index in [1.165, 1.54) is 11.3 Å². The Hall–Kier alpha value is -4.28. The number of H-pyrrole nitrogens is 2. The van der Waals surface area contributed by atoms with Gasteiger partial charge in [-0.1, -0.05) is 18.2 Å². The number of thiophene rings is 1. The first-order valence-electron chi connectivity index (χ1n) is 13.0. The number of aromatic nitrogens is 5. The van der Waals surface area contributed by atoms with Gasteiger partial charge < -0.3 is 4.98 Å². The lowest BCUT2D eigenvalue weighted by Crippen LogP contribution is -2.24.